The van der Waals surface area contributed by atoms with Crippen molar-refractivity contribution in [1.82, 2.24) is 28.9 Å². The van der Waals surface area contributed by atoms with Crippen LogP contribution in [0, 0.1) is 11.8 Å². The normalized spacial score (nSPS) is 25.8. The van der Waals surface area contributed by atoms with Crippen LogP contribution in [-0.2, 0) is 22.7 Å². The number of aromatic nitrogens is 4. The molecule has 0 bridgehead atoms. The third kappa shape index (κ3) is 9.54. The van der Waals surface area contributed by atoms with Crippen molar-refractivity contribution in [2.45, 2.75) is 190 Å². The van der Waals surface area contributed by atoms with E-state index in [1.54, 1.807) is 21.6 Å². The fraction of sp³-hybridized carbons (Fsp3) is 0.818. The monoisotopic (exact) mass is 807 g/mol. The lowest BCUT2D eigenvalue weighted by molar-refractivity contribution is -0.137. The Morgan fingerprint density at radius 1 is 0.554 bits per heavy atom. The molecule has 2 aromatic rings. The van der Waals surface area contributed by atoms with E-state index >= 15 is 0 Å². The summed E-state index contributed by atoms with van der Waals surface area (Å²) in [5.74, 6) is 5.60. The molecule has 0 saturated heterocycles. The van der Waals surface area contributed by atoms with Gasteiger partial charge in [0.25, 0.3) is 0 Å². The zero-order chi connectivity index (χ0) is 38.4. The van der Waals surface area contributed by atoms with Crippen LogP contribution >= 0.6 is 21.6 Å². The fourth-order valence-electron chi connectivity index (χ4n) is 11.3. The number of nitrogens with zero attached hydrogens (tertiary/aromatic N) is 6. The van der Waals surface area contributed by atoms with Crippen molar-refractivity contribution in [1.29, 1.82) is 0 Å². The molecule has 4 fully saturated rings. The Kier molecular flexibility index (Phi) is 14.1. The Bertz CT molecular complexity index is 1470. The number of amides is 2. The van der Waals surface area contributed by atoms with Crippen molar-refractivity contribution < 1.29 is 9.59 Å². The van der Waals surface area contributed by atoms with Crippen molar-refractivity contribution in [3.8, 4) is 0 Å². The van der Waals surface area contributed by atoms with Gasteiger partial charge in [-0.05, 0) is 50.4 Å². The Labute approximate surface area is 344 Å². The summed E-state index contributed by atoms with van der Waals surface area (Å²) in [6, 6.07) is -1.22. The molecule has 0 radical (unpaired) electrons. The number of imidazole rings is 2. The average molecular weight is 807 g/mol. The average Bonchev–Trinajstić information content (AvgIpc) is 3.89. The first kappa shape index (κ1) is 40.7. The Balaban J connectivity index is 0.875. The largest absolute Gasteiger partial charge is 0.331 e. The van der Waals surface area contributed by atoms with Crippen LogP contribution in [0.2, 0.25) is 0 Å². The maximum Gasteiger partial charge on any atom is 0.241 e. The number of nitrogens with two attached hydrogens (primary N) is 2. The molecular weight excluding hydrogens is 737 g/mol. The molecule has 4 saturated carbocycles. The lowest BCUT2D eigenvalue weighted by Gasteiger charge is -2.39. The standard InChI is InChI=1S/C44H70N8O2S2/c45-35(43(53)51-23-21-49-27-37(33-17-9-3-10-18-33)47-41(49)39(51)25-31-13-5-1-6-14-31)29-55-56-30-36(46)44(54)52-24-22-50-28-38(34-19-11-4-12-20-34)48-42(50)40(52)26-32-15-7-2-8-16-32/h27-28,31-36,39-40H,1-26,29-30,45-46H2/t35-,36-,39-,40-/m0/s1. The molecule has 2 amide bonds. The predicted octanol–water partition coefficient (Wildman–Crippen LogP) is 8.62. The van der Waals surface area contributed by atoms with Crippen LogP contribution < -0.4 is 11.5 Å². The molecule has 0 unspecified atom stereocenters. The minimum Gasteiger partial charge on any atom is -0.331 e. The topological polar surface area (TPSA) is 128 Å². The van der Waals surface area contributed by atoms with Gasteiger partial charge < -0.3 is 30.4 Å². The van der Waals surface area contributed by atoms with E-state index < -0.39 is 12.1 Å². The van der Waals surface area contributed by atoms with Gasteiger partial charge in [0.05, 0.1) is 35.6 Å². The highest BCUT2D eigenvalue weighted by atomic mass is 33.1. The number of hydrogen-bond acceptors (Lipinski definition) is 8. The van der Waals surface area contributed by atoms with Crippen molar-refractivity contribution in [2.75, 3.05) is 24.6 Å². The van der Waals surface area contributed by atoms with Crippen LogP contribution in [0.25, 0.3) is 0 Å². The molecule has 0 aromatic carbocycles. The van der Waals surface area contributed by atoms with E-state index in [2.05, 4.69) is 31.3 Å². The molecule has 0 spiro atoms. The van der Waals surface area contributed by atoms with Gasteiger partial charge in [0.2, 0.25) is 11.8 Å². The summed E-state index contributed by atoms with van der Waals surface area (Å²) in [6.45, 7) is 2.95. The van der Waals surface area contributed by atoms with Gasteiger partial charge in [-0.3, -0.25) is 9.59 Å². The summed E-state index contributed by atoms with van der Waals surface area (Å²) in [6.07, 6.45) is 32.1. The van der Waals surface area contributed by atoms with Crippen molar-refractivity contribution >= 4 is 33.4 Å². The molecule has 310 valence electrons. The quantitative estimate of drug-likeness (QED) is 0.152. The van der Waals surface area contributed by atoms with Crippen molar-refractivity contribution in [2.24, 2.45) is 23.3 Å². The highest BCUT2D eigenvalue weighted by Gasteiger charge is 2.39. The maximum atomic E-state index is 14.2. The van der Waals surface area contributed by atoms with E-state index in [0.29, 0.717) is 48.3 Å². The van der Waals surface area contributed by atoms with Crippen LogP contribution in [0.1, 0.15) is 188 Å². The molecule has 4 atom stereocenters. The number of fused-ring (bicyclic) bond motifs is 2. The first-order chi connectivity index (χ1) is 27.4. The molecule has 6 aliphatic rings. The summed E-state index contributed by atoms with van der Waals surface area (Å²) in [5, 5.41) is 0. The SMILES string of the molecule is N[C@@H](CSSC[C@H](N)C(=O)N1CCn2cc(C3CCCCC3)nc2[C@@H]1CC1CCCCC1)C(=O)N1CCn2cc(C3CCCCC3)nc2[C@@H]1CC1CCCCC1. The van der Waals surface area contributed by atoms with Gasteiger partial charge >= 0.3 is 0 Å². The number of hydrogen-bond donors (Lipinski definition) is 2. The van der Waals surface area contributed by atoms with E-state index in [1.165, 1.54) is 140 Å². The Hall–Kier alpha value is -2.02. The first-order valence-corrected chi connectivity index (χ1v) is 25.4. The van der Waals surface area contributed by atoms with Gasteiger partial charge in [0, 0.05) is 61.9 Å². The maximum absolute atomic E-state index is 14.2. The van der Waals surface area contributed by atoms with Gasteiger partial charge in [-0.2, -0.15) is 0 Å². The third-order valence-electron chi connectivity index (χ3n) is 14.6. The van der Waals surface area contributed by atoms with Crippen LogP contribution in [0.3, 0.4) is 0 Å². The molecule has 56 heavy (non-hydrogen) atoms. The third-order valence-corrected chi connectivity index (χ3v) is 17.0. The molecule has 8 rings (SSSR count). The van der Waals surface area contributed by atoms with Gasteiger partial charge in [-0.1, -0.05) is 124 Å². The minimum absolute atomic E-state index is 0.00752. The lowest BCUT2D eigenvalue weighted by atomic mass is 9.84. The number of rotatable bonds is 13. The Morgan fingerprint density at radius 3 is 1.29 bits per heavy atom. The molecule has 12 heteroatoms. The second kappa shape index (κ2) is 19.4. The van der Waals surface area contributed by atoms with Crippen LogP contribution in [-0.4, -0.2) is 77.4 Å². The minimum atomic E-state index is -0.605. The molecule has 4 aliphatic carbocycles. The summed E-state index contributed by atoms with van der Waals surface area (Å²) in [4.78, 5) is 43.1. The highest BCUT2D eigenvalue weighted by Crippen LogP contribution is 2.41. The van der Waals surface area contributed by atoms with Gasteiger partial charge in [0.15, 0.2) is 0 Å². The summed E-state index contributed by atoms with van der Waals surface area (Å²) < 4.78 is 4.72. The van der Waals surface area contributed by atoms with Crippen LogP contribution in [0.5, 0.6) is 0 Å². The zero-order valence-electron chi connectivity index (χ0n) is 34.0. The van der Waals surface area contributed by atoms with Crippen LogP contribution in [0.4, 0.5) is 0 Å². The second-order valence-electron chi connectivity index (χ2n) is 18.5. The van der Waals surface area contributed by atoms with E-state index in [1.807, 2.05) is 0 Å². The van der Waals surface area contributed by atoms with Crippen LogP contribution in [0.15, 0.2) is 12.4 Å². The zero-order valence-corrected chi connectivity index (χ0v) is 35.7. The second-order valence-corrected chi connectivity index (χ2v) is 21.0. The molecule has 2 aromatic heterocycles. The highest BCUT2D eigenvalue weighted by molar-refractivity contribution is 8.76. The van der Waals surface area contributed by atoms with E-state index in [0.717, 1.165) is 37.6 Å². The van der Waals surface area contributed by atoms with Crippen molar-refractivity contribution in [3.05, 3.63) is 35.4 Å². The predicted molar refractivity (Wildman–Crippen MR) is 228 cm³/mol. The number of carbonyl (C=O) groups is 2. The summed E-state index contributed by atoms with van der Waals surface area (Å²) in [7, 11) is 3.17. The smallest absolute Gasteiger partial charge is 0.241 e. The molecule has 2 aliphatic heterocycles. The Morgan fingerprint density at radius 2 is 0.911 bits per heavy atom. The van der Waals surface area contributed by atoms with E-state index in [-0.39, 0.29) is 23.9 Å². The van der Waals surface area contributed by atoms with Gasteiger partial charge in [-0.25, -0.2) is 9.97 Å². The lowest BCUT2D eigenvalue weighted by Crippen LogP contribution is -2.51. The molecular formula is C44H70N8O2S2. The molecule has 4 heterocycles. The van der Waals surface area contributed by atoms with Gasteiger partial charge in [-0.15, -0.1) is 0 Å². The van der Waals surface area contributed by atoms with E-state index in [9.17, 15) is 9.59 Å². The molecule has 4 N–H and O–H groups in total. The first-order valence-electron chi connectivity index (χ1n) is 22.9. The van der Waals surface area contributed by atoms with E-state index in [4.69, 9.17) is 21.4 Å². The summed E-state index contributed by atoms with van der Waals surface area (Å²) >= 11 is 0. The fourth-order valence-corrected chi connectivity index (χ4v) is 13.5. The summed E-state index contributed by atoms with van der Waals surface area (Å²) in [5.41, 5.74) is 15.9. The van der Waals surface area contributed by atoms with Gasteiger partial charge in [0.1, 0.15) is 11.6 Å². The number of carbonyl (C=O) groups excluding carboxylic acids is 2. The van der Waals surface area contributed by atoms with Crippen molar-refractivity contribution in [3.63, 3.8) is 0 Å². The molecule has 10 nitrogen and oxygen atoms in total.